The Hall–Kier alpha value is -2.63. The fourth-order valence-corrected chi connectivity index (χ4v) is 5.58. The Morgan fingerprint density at radius 2 is 1.46 bits per heavy atom. The number of halogens is 5. The lowest BCUT2D eigenvalue weighted by molar-refractivity contribution is -0.153. The largest absolute Gasteiger partial charge is 0.481 e. The molecule has 0 amide bonds. The van der Waals surface area contributed by atoms with E-state index in [2.05, 4.69) is 17.7 Å². The molecule has 3 aromatic carbocycles. The first-order chi connectivity index (χ1) is 17.7. The minimum absolute atomic E-state index is 0.274. The van der Waals surface area contributed by atoms with Gasteiger partial charge in [-0.3, -0.25) is 0 Å². The normalized spacial score (nSPS) is 18.3. The first-order valence-electron chi connectivity index (χ1n) is 13.4. The third-order valence-electron chi connectivity index (χ3n) is 7.67. The lowest BCUT2D eigenvalue weighted by Crippen LogP contribution is -2.19. The van der Waals surface area contributed by atoms with E-state index in [9.17, 15) is 17.6 Å². The van der Waals surface area contributed by atoms with Crippen LogP contribution in [-0.4, -0.2) is 12.8 Å². The number of fused-ring (bicyclic) bond motifs is 1. The number of hydrogen-bond acceptors (Lipinski definition) is 1. The van der Waals surface area contributed by atoms with E-state index in [1.54, 1.807) is 6.07 Å². The zero-order valence-corrected chi connectivity index (χ0v) is 21.3. The van der Waals surface area contributed by atoms with Gasteiger partial charge in [0.05, 0.1) is 0 Å². The Bertz CT molecular complexity index is 1180. The maximum absolute atomic E-state index is 15.2. The van der Waals surface area contributed by atoms with Crippen LogP contribution in [0.15, 0.2) is 48.5 Å². The van der Waals surface area contributed by atoms with Crippen LogP contribution in [0.1, 0.15) is 68.6 Å². The number of benzene rings is 3. The van der Waals surface area contributed by atoms with E-state index in [-0.39, 0.29) is 5.82 Å². The molecule has 3 aromatic rings. The Morgan fingerprint density at radius 1 is 0.784 bits per heavy atom. The van der Waals surface area contributed by atoms with Crippen molar-refractivity contribution in [2.24, 2.45) is 11.8 Å². The fourth-order valence-electron chi connectivity index (χ4n) is 5.58. The third kappa shape index (κ3) is 7.68. The van der Waals surface area contributed by atoms with E-state index >= 15 is 4.39 Å². The predicted molar refractivity (Wildman–Crippen MR) is 138 cm³/mol. The Kier molecular flexibility index (Phi) is 9.09. The molecule has 1 saturated carbocycles. The molecule has 0 bridgehead atoms. The summed E-state index contributed by atoms with van der Waals surface area (Å²) in [4.78, 5) is 0. The molecule has 0 unspecified atom stereocenters. The number of rotatable bonds is 10. The molecule has 1 nitrogen and oxygen atoms in total. The maximum atomic E-state index is 15.2. The highest BCUT2D eigenvalue weighted by atomic mass is 19.4. The SMILES string of the molecule is CCCC1CCC(CCc2ccc3c(F)c(CCc4ccc(OCC(F)(F)F)c(F)c4)ccc3c2)CC1. The highest BCUT2D eigenvalue weighted by molar-refractivity contribution is 5.84. The molecule has 0 aromatic heterocycles. The summed E-state index contributed by atoms with van der Waals surface area (Å²) >= 11 is 0. The lowest BCUT2D eigenvalue weighted by atomic mass is 9.78. The molecule has 1 aliphatic rings. The molecule has 0 spiro atoms. The van der Waals surface area contributed by atoms with Gasteiger partial charge in [-0.05, 0) is 71.7 Å². The van der Waals surface area contributed by atoms with E-state index in [0.29, 0.717) is 29.4 Å². The van der Waals surface area contributed by atoms with Crippen LogP contribution >= 0.6 is 0 Å². The zero-order chi connectivity index (χ0) is 26.4. The first kappa shape index (κ1) is 27.4. The van der Waals surface area contributed by atoms with E-state index in [4.69, 9.17) is 0 Å². The molecule has 0 aliphatic heterocycles. The van der Waals surface area contributed by atoms with Crippen LogP contribution in [0.4, 0.5) is 22.0 Å². The summed E-state index contributed by atoms with van der Waals surface area (Å²) in [6.45, 7) is 0.716. The van der Waals surface area contributed by atoms with Crippen LogP contribution < -0.4 is 4.74 Å². The van der Waals surface area contributed by atoms with E-state index < -0.39 is 24.3 Å². The molecular formula is C31H35F5O. The number of aryl methyl sites for hydroxylation is 3. The summed E-state index contributed by atoms with van der Waals surface area (Å²) in [7, 11) is 0. The van der Waals surface area contributed by atoms with Crippen LogP contribution in [0.2, 0.25) is 0 Å². The van der Waals surface area contributed by atoms with E-state index in [1.165, 1.54) is 62.6 Å². The number of hydrogen-bond donors (Lipinski definition) is 0. The minimum atomic E-state index is -4.53. The van der Waals surface area contributed by atoms with Crippen molar-refractivity contribution in [2.45, 2.75) is 77.3 Å². The molecule has 1 aliphatic carbocycles. The van der Waals surface area contributed by atoms with Gasteiger partial charge in [0.1, 0.15) is 5.82 Å². The van der Waals surface area contributed by atoms with Crippen LogP contribution in [0.25, 0.3) is 10.8 Å². The van der Waals surface area contributed by atoms with Crippen molar-refractivity contribution in [1.82, 2.24) is 0 Å². The summed E-state index contributed by atoms with van der Waals surface area (Å²) in [5.74, 6) is 0.122. The fraction of sp³-hybridized carbons (Fsp3) is 0.484. The summed E-state index contributed by atoms with van der Waals surface area (Å²) in [5.41, 5.74) is 2.33. The van der Waals surface area contributed by atoms with Crippen molar-refractivity contribution in [2.75, 3.05) is 6.61 Å². The highest BCUT2D eigenvalue weighted by Gasteiger charge is 2.29. The van der Waals surface area contributed by atoms with Gasteiger partial charge in [0.15, 0.2) is 18.2 Å². The minimum Gasteiger partial charge on any atom is -0.481 e. The molecule has 0 radical (unpaired) electrons. The standard InChI is InChI=1S/C31H35F5O/c1-2-3-21-4-6-22(7-5-21)8-9-23-11-16-27-26(18-23)15-14-25(30(27)33)13-10-24-12-17-29(28(32)19-24)37-20-31(34,35)36/h11-12,14-19,21-22H,2-10,13,20H2,1H3. The molecule has 0 heterocycles. The van der Waals surface area contributed by atoms with Gasteiger partial charge in [-0.25, -0.2) is 8.78 Å². The smallest absolute Gasteiger partial charge is 0.422 e. The second-order valence-corrected chi connectivity index (χ2v) is 10.5. The second-order valence-electron chi connectivity index (χ2n) is 10.5. The third-order valence-corrected chi connectivity index (χ3v) is 7.67. The van der Waals surface area contributed by atoms with Crippen LogP contribution in [0.5, 0.6) is 5.75 Å². The van der Waals surface area contributed by atoms with Crippen LogP contribution in [-0.2, 0) is 19.3 Å². The molecule has 4 rings (SSSR count). The van der Waals surface area contributed by atoms with Crippen molar-refractivity contribution in [1.29, 1.82) is 0 Å². The summed E-state index contributed by atoms with van der Waals surface area (Å²) in [5, 5.41) is 1.45. The monoisotopic (exact) mass is 518 g/mol. The van der Waals surface area contributed by atoms with E-state index in [0.717, 1.165) is 29.7 Å². The van der Waals surface area contributed by atoms with Crippen molar-refractivity contribution >= 4 is 10.8 Å². The van der Waals surface area contributed by atoms with Crippen LogP contribution in [0.3, 0.4) is 0 Å². The molecule has 1 fully saturated rings. The summed E-state index contributed by atoms with van der Waals surface area (Å²) < 4.78 is 70.8. The first-order valence-corrected chi connectivity index (χ1v) is 13.4. The average Bonchev–Trinajstić information content (AvgIpc) is 2.87. The van der Waals surface area contributed by atoms with Crippen molar-refractivity contribution in [3.8, 4) is 5.75 Å². The Labute approximate surface area is 216 Å². The van der Waals surface area contributed by atoms with Gasteiger partial charge < -0.3 is 4.74 Å². The van der Waals surface area contributed by atoms with Crippen molar-refractivity contribution in [3.63, 3.8) is 0 Å². The maximum Gasteiger partial charge on any atom is 0.422 e. The average molecular weight is 519 g/mol. The predicted octanol–water partition coefficient (Wildman–Crippen LogP) is 9.38. The van der Waals surface area contributed by atoms with Gasteiger partial charge in [0.2, 0.25) is 0 Å². The number of ether oxygens (including phenoxy) is 1. The molecule has 6 heteroatoms. The molecule has 37 heavy (non-hydrogen) atoms. The molecule has 0 N–H and O–H groups in total. The Balaban J connectivity index is 1.33. The highest BCUT2D eigenvalue weighted by Crippen LogP contribution is 2.34. The topological polar surface area (TPSA) is 9.23 Å². The molecule has 0 atom stereocenters. The quantitative estimate of drug-likeness (QED) is 0.243. The van der Waals surface area contributed by atoms with Gasteiger partial charge >= 0.3 is 6.18 Å². The summed E-state index contributed by atoms with van der Waals surface area (Å²) in [6.07, 6.45) is 6.36. The van der Waals surface area contributed by atoms with Crippen LogP contribution in [0, 0.1) is 23.5 Å². The summed E-state index contributed by atoms with van der Waals surface area (Å²) in [6, 6.07) is 13.5. The van der Waals surface area contributed by atoms with Gasteiger partial charge in [-0.2, -0.15) is 13.2 Å². The van der Waals surface area contributed by atoms with Gasteiger partial charge in [-0.1, -0.05) is 81.8 Å². The Morgan fingerprint density at radius 3 is 2.14 bits per heavy atom. The molecule has 0 saturated heterocycles. The molecule has 200 valence electrons. The second kappa shape index (κ2) is 12.3. The van der Waals surface area contributed by atoms with Gasteiger partial charge in [0, 0.05) is 5.39 Å². The van der Waals surface area contributed by atoms with Crippen molar-refractivity contribution in [3.05, 3.63) is 76.9 Å². The van der Waals surface area contributed by atoms with Crippen molar-refractivity contribution < 1.29 is 26.7 Å². The van der Waals surface area contributed by atoms with Gasteiger partial charge in [-0.15, -0.1) is 0 Å². The lowest BCUT2D eigenvalue weighted by Gasteiger charge is -2.28. The number of alkyl halides is 3. The van der Waals surface area contributed by atoms with E-state index in [1.807, 2.05) is 18.2 Å². The zero-order valence-electron chi connectivity index (χ0n) is 21.3. The van der Waals surface area contributed by atoms with Gasteiger partial charge in [0.25, 0.3) is 0 Å². The molecular weight excluding hydrogens is 483 g/mol.